The molecular formula is C12H13OS+. The van der Waals surface area contributed by atoms with Crippen LogP contribution in [0.15, 0.2) is 36.4 Å². The second kappa shape index (κ2) is 4.01. The molecule has 0 bridgehead atoms. The summed E-state index contributed by atoms with van der Waals surface area (Å²) in [6.45, 7) is 2.15. The lowest BCUT2D eigenvalue weighted by molar-refractivity contribution is -0.112. The number of benzene rings is 1. The van der Waals surface area contributed by atoms with E-state index >= 15 is 0 Å². The van der Waals surface area contributed by atoms with Crippen molar-refractivity contribution in [2.75, 3.05) is 11.5 Å². The fourth-order valence-electron chi connectivity index (χ4n) is 1.63. The molecule has 1 heterocycles. The average molecular weight is 205 g/mol. The van der Waals surface area contributed by atoms with Crippen molar-refractivity contribution in [3.8, 4) is 0 Å². The van der Waals surface area contributed by atoms with Crippen LogP contribution in [0.4, 0.5) is 0 Å². The molecule has 1 atom stereocenters. The Morgan fingerprint density at radius 1 is 1.29 bits per heavy atom. The van der Waals surface area contributed by atoms with Crippen molar-refractivity contribution < 1.29 is 4.79 Å². The van der Waals surface area contributed by atoms with Gasteiger partial charge in [0, 0.05) is 22.5 Å². The van der Waals surface area contributed by atoms with E-state index in [0.29, 0.717) is 0 Å². The molecule has 72 valence electrons. The van der Waals surface area contributed by atoms with Crippen molar-refractivity contribution in [3.05, 3.63) is 42.0 Å². The standard InChI is InChI=1S/C12H13OS/c1-2-14-9-11(13)8-12(14)10-6-4-3-5-7-10/h3-8H,2,9H2,1H3/q+1. The normalized spacial score (nSPS) is 21.1. The topological polar surface area (TPSA) is 17.1 Å². The van der Waals surface area contributed by atoms with E-state index in [2.05, 4.69) is 19.1 Å². The van der Waals surface area contributed by atoms with Gasteiger partial charge >= 0.3 is 0 Å². The van der Waals surface area contributed by atoms with Gasteiger partial charge in [-0.05, 0) is 19.1 Å². The summed E-state index contributed by atoms with van der Waals surface area (Å²) < 4.78 is 0. The molecule has 0 radical (unpaired) electrons. The molecule has 0 aliphatic carbocycles. The van der Waals surface area contributed by atoms with Crippen molar-refractivity contribution in [1.82, 2.24) is 0 Å². The highest BCUT2D eigenvalue weighted by Crippen LogP contribution is 2.28. The van der Waals surface area contributed by atoms with Crippen LogP contribution in [0.2, 0.25) is 0 Å². The summed E-state index contributed by atoms with van der Waals surface area (Å²) in [5, 5.41) is 0. The lowest BCUT2D eigenvalue weighted by Gasteiger charge is -2.01. The second-order valence-corrected chi connectivity index (χ2v) is 5.56. The molecule has 1 aliphatic rings. The number of carbonyl (C=O) groups is 1. The Morgan fingerprint density at radius 2 is 2.00 bits per heavy atom. The Morgan fingerprint density at radius 3 is 2.64 bits per heavy atom. The summed E-state index contributed by atoms with van der Waals surface area (Å²) in [6.07, 6.45) is 1.82. The molecule has 0 N–H and O–H groups in total. The van der Waals surface area contributed by atoms with Crippen LogP contribution in [0.25, 0.3) is 4.91 Å². The van der Waals surface area contributed by atoms with Crippen LogP contribution in [-0.2, 0) is 15.7 Å². The van der Waals surface area contributed by atoms with Gasteiger partial charge in [-0.3, -0.25) is 4.79 Å². The summed E-state index contributed by atoms with van der Waals surface area (Å²) in [4.78, 5) is 12.6. The van der Waals surface area contributed by atoms with Crippen LogP contribution in [0.5, 0.6) is 0 Å². The minimum absolute atomic E-state index is 0.158. The van der Waals surface area contributed by atoms with Crippen molar-refractivity contribution in [3.63, 3.8) is 0 Å². The monoisotopic (exact) mass is 205 g/mol. The third-order valence-electron chi connectivity index (χ3n) is 2.33. The van der Waals surface area contributed by atoms with Crippen LogP contribution in [0.1, 0.15) is 12.5 Å². The van der Waals surface area contributed by atoms with Crippen molar-refractivity contribution in [2.24, 2.45) is 0 Å². The van der Waals surface area contributed by atoms with E-state index in [1.54, 1.807) is 0 Å². The third-order valence-corrected chi connectivity index (χ3v) is 4.63. The first-order chi connectivity index (χ1) is 6.81. The number of hydrogen-bond donors (Lipinski definition) is 0. The lowest BCUT2D eigenvalue weighted by atomic mass is 10.2. The predicted molar refractivity (Wildman–Crippen MR) is 62.2 cm³/mol. The number of allylic oxidation sites excluding steroid dienone is 1. The Balaban J connectivity index is 2.34. The smallest absolute Gasteiger partial charge is 0.210 e. The first-order valence-electron chi connectivity index (χ1n) is 4.78. The highest BCUT2D eigenvalue weighted by molar-refractivity contribution is 8.06. The highest BCUT2D eigenvalue weighted by Gasteiger charge is 2.33. The van der Waals surface area contributed by atoms with Gasteiger partial charge in [0.05, 0.1) is 0 Å². The maximum atomic E-state index is 11.3. The van der Waals surface area contributed by atoms with Gasteiger partial charge in [-0.1, -0.05) is 18.2 Å². The van der Waals surface area contributed by atoms with Gasteiger partial charge in [0.1, 0.15) is 5.75 Å². The quantitative estimate of drug-likeness (QED) is 0.677. The zero-order valence-electron chi connectivity index (χ0n) is 8.19. The summed E-state index contributed by atoms with van der Waals surface area (Å²) in [5.41, 5.74) is 1.21. The fraction of sp³-hybridized carbons (Fsp3) is 0.250. The molecule has 1 unspecified atom stereocenters. The Labute approximate surface area is 87.2 Å². The first-order valence-corrected chi connectivity index (χ1v) is 6.35. The van der Waals surface area contributed by atoms with Gasteiger partial charge in [-0.2, -0.15) is 0 Å². The van der Waals surface area contributed by atoms with E-state index in [4.69, 9.17) is 0 Å². The minimum Gasteiger partial charge on any atom is -0.289 e. The summed E-state index contributed by atoms with van der Waals surface area (Å²) in [7, 11) is 0.158. The summed E-state index contributed by atoms with van der Waals surface area (Å²) in [6, 6.07) is 10.2. The third kappa shape index (κ3) is 1.75. The molecular weight excluding hydrogens is 192 g/mol. The molecule has 1 aromatic carbocycles. The Kier molecular flexibility index (Phi) is 2.73. The zero-order chi connectivity index (χ0) is 9.97. The molecule has 0 amide bonds. The van der Waals surface area contributed by atoms with Crippen molar-refractivity contribution >= 4 is 21.6 Å². The number of rotatable bonds is 2. The predicted octanol–water partition coefficient (Wildman–Crippen LogP) is 2.25. The molecule has 1 aliphatic heterocycles. The molecule has 2 rings (SSSR count). The van der Waals surface area contributed by atoms with Gasteiger partial charge in [-0.25, -0.2) is 0 Å². The van der Waals surface area contributed by atoms with Gasteiger partial charge < -0.3 is 0 Å². The zero-order valence-corrected chi connectivity index (χ0v) is 9.01. The van der Waals surface area contributed by atoms with E-state index in [-0.39, 0.29) is 16.7 Å². The van der Waals surface area contributed by atoms with E-state index < -0.39 is 0 Å². The van der Waals surface area contributed by atoms with Crippen molar-refractivity contribution in [2.45, 2.75) is 6.92 Å². The van der Waals surface area contributed by atoms with Crippen LogP contribution >= 0.6 is 0 Å². The Hall–Kier alpha value is -1.02. The fourth-order valence-corrected chi connectivity index (χ4v) is 3.50. The van der Waals surface area contributed by atoms with Gasteiger partial charge in [0.25, 0.3) is 0 Å². The molecule has 0 saturated heterocycles. The van der Waals surface area contributed by atoms with Gasteiger partial charge in [0.2, 0.25) is 5.78 Å². The average Bonchev–Trinajstić information content (AvgIpc) is 2.61. The van der Waals surface area contributed by atoms with Gasteiger partial charge in [-0.15, -0.1) is 0 Å². The summed E-state index contributed by atoms with van der Waals surface area (Å²) >= 11 is 0. The van der Waals surface area contributed by atoms with Crippen LogP contribution in [0, 0.1) is 0 Å². The molecule has 1 nitrogen and oxygen atoms in total. The molecule has 1 aromatic rings. The van der Waals surface area contributed by atoms with Gasteiger partial charge in [0.15, 0.2) is 10.7 Å². The van der Waals surface area contributed by atoms with E-state index in [1.165, 1.54) is 10.5 Å². The summed E-state index contributed by atoms with van der Waals surface area (Å²) in [5.74, 6) is 2.08. The molecule has 0 spiro atoms. The largest absolute Gasteiger partial charge is 0.289 e. The second-order valence-electron chi connectivity index (χ2n) is 3.27. The first kappa shape index (κ1) is 9.53. The molecule has 0 aromatic heterocycles. The maximum absolute atomic E-state index is 11.3. The number of carbonyl (C=O) groups excluding carboxylic acids is 1. The molecule has 14 heavy (non-hydrogen) atoms. The number of hydrogen-bond acceptors (Lipinski definition) is 1. The van der Waals surface area contributed by atoms with E-state index in [9.17, 15) is 4.79 Å². The molecule has 0 fully saturated rings. The van der Waals surface area contributed by atoms with E-state index in [0.717, 1.165) is 11.5 Å². The van der Waals surface area contributed by atoms with Crippen LogP contribution < -0.4 is 0 Å². The SMILES string of the molecule is CC[S+]1CC(=O)C=C1c1ccccc1. The van der Waals surface area contributed by atoms with Crippen molar-refractivity contribution in [1.29, 1.82) is 0 Å². The lowest BCUT2D eigenvalue weighted by Crippen LogP contribution is -2.09. The van der Waals surface area contributed by atoms with Crippen LogP contribution in [-0.4, -0.2) is 17.3 Å². The minimum atomic E-state index is 0.158. The molecule has 2 heteroatoms. The van der Waals surface area contributed by atoms with Crippen LogP contribution in [0.3, 0.4) is 0 Å². The number of ketones is 1. The van der Waals surface area contributed by atoms with E-state index in [1.807, 2.05) is 24.3 Å². The Bertz CT molecular complexity index is 367. The molecule has 0 saturated carbocycles. The highest BCUT2D eigenvalue weighted by atomic mass is 32.2. The maximum Gasteiger partial charge on any atom is 0.210 e.